The maximum absolute atomic E-state index is 12.3. The Labute approximate surface area is 131 Å². The summed E-state index contributed by atoms with van der Waals surface area (Å²) in [6, 6.07) is 7.17. The zero-order valence-electron chi connectivity index (χ0n) is 13.3. The van der Waals surface area contributed by atoms with Crippen molar-refractivity contribution in [2.75, 3.05) is 24.6 Å². The number of benzene rings is 1. The van der Waals surface area contributed by atoms with E-state index >= 15 is 0 Å². The zero-order chi connectivity index (χ0) is 16.2. The van der Waals surface area contributed by atoms with E-state index in [1.807, 2.05) is 19.9 Å². The Balaban J connectivity index is 2.03. The Morgan fingerprint density at radius 2 is 2.18 bits per heavy atom. The van der Waals surface area contributed by atoms with Crippen LogP contribution in [0.25, 0.3) is 0 Å². The third kappa shape index (κ3) is 4.07. The number of carbonyl (C=O) groups is 2. The minimum atomic E-state index is -0.153. The van der Waals surface area contributed by atoms with Crippen molar-refractivity contribution in [1.82, 2.24) is 5.32 Å². The molecular weight excluding hydrogens is 280 g/mol. The number of aliphatic hydroxyl groups excluding tert-OH is 1. The molecule has 1 fully saturated rings. The number of hydrogen-bond donors (Lipinski definition) is 2. The standard InChI is InChI=1S/C17H24N2O3/c1-17(2,8-10-20)12-18-16(22)13-5-3-6-14(11-13)19-9-4-7-15(19)21/h3,5-6,11,20H,4,7-10,12H2,1-2H3,(H,18,22). The van der Waals surface area contributed by atoms with Gasteiger partial charge in [0.2, 0.25) is 5.91 Å². The Hall–Kier alpha value is -1.88. The largest absolute Gasteiger partial charge is 0.396 e. The molecule has 0 saturated carbocycles. The summed E-state index contributed by atoms with van der Waals surface area (Å²) in [6.45, 7) is 5.33. The highest BCUT2D eigenvalue weighted by atomic mass is 16.3. The monoisotopic (exact) mass is 304 g/mol. The summed E-state index contributed by atoms with van der Waals surface area (Å²) in [4.78, 5) is 25.8. The maximum atomic E-state index is 12.3. The number of anilines is 1. The number of nitrogens with one attached hydrogen (secondary N) is 1. The van der Waals surface area contributed by atoms with Gasteiger partial charge in [-0.3, -0.25) is 9.59 Å². The fourth-order valence-electron chi connectivity index (χ4n) is 2.55. The van der Waals surface area contributed by atoms with E-state index in [9.17, 15) is 9.59 Å². The van der Waals surface area contributed by atoms with E-state index < -0.39 is 0 Å². The molecule has 2 N–H and O–H groups in total. The van der Waals surface area contributed by atoms with E-state index in [0.717, 1.165) is 12.1 Å². The van der Waals surface area contributed by atoms with Crippen molar-refractivity contribution in [3.05, 3.63) is 29.8 Å². The van der Waals surface area contributed by atoms with Crippen LogP contribution in [0.15, 0.2) is 24.3 Å². The van der Waals surface area contributed by atoms with Gasteiger partial charge in [-0.2, -0.15) is 0 Å². The van der Waals surface area contributed by atoms with Gasteiger partial charge in [-0.15, -0.1) is 0 Å². The summed E-state index contributed by atoms with van der Waals surface area (Å²) >= 11 is 0. The molecule has 1 aromatic carbocycles. The molecule has 5 heteroatoms. The van der Waals surface area contributed by atoms with Gasteiger partial charge in [-0.1, -0.05) is 19.9 Å². The van der Waals surface area contributed by atoms with Gasteiger partial charge >= 0.3 is 0 Å². The van der Waals surface area contributed by atoms with E-state index in [4.69, 9.17) is 5.11 Å². The van der Waals surface area contributed by atoms with Crippen LogP contribution in [0.4, 0.5) is 5.69 Å². The van der Waals surface area contributed by atoms with E-state index in [1.54, 1.807) is 23.1 Å². The Bertz CT molecular complexity index is 555. The Morgan fingerprint density at radius 1 is 1.41 bits per heavy atom. The summed E-state index contributed by atoms with van der Waals surface area (Å²) < 4.78 is 0. The molecule has 0 aromatic heterocycles. The average Bonchev–Trinajstić information content (AvgIpc) is 2.91. The van der Waals surface area contributed by atoms with Crippen molar-refractivity contribution in [1.29, 1.82) is 0 Å². The number of rotatable bonds is 6. The number of aliphatic hydroxyl groups is 1. The normalized spacial score (nSPS) is 15.2. The molecule has 0 bridgehead atoms. The van der Waals surface area contributed by atoms with Crippen LogP contribution < -0.4 is 10.2 Å². The van der Waals surface area contributed by atoms with Crippen LogP contribution >= 0.6 is 0 Å². The molecule has 120 valence electrons. The fraction of sp³-hybridized carbons (Fsp3) is 0.529. The molecular formula is C17H24N2O3. The van der Waals surface area contributed by atoms with Crippen LogP contribution in [0.2, 0.25) is 0 Å². The van der Waals surface area contributed by atoms with Crippen molar-refractivity contribution in [3.63, 3.8) is 0 Å². The first-order valence-corrected chi connectivity index (χ1v) is 7.72. The smallest absolute Gasteiger partial charge is 0.251 e. The lowest BCUT2D eigenvalue weighted by Gasteiger charge is -2.24. The number of carbonyl (C=O) groups excluding carboxylic acids is 2. The summed E-state index contributed by atoms with van der Waals surface area (Å²) in [6.07, 6.45) is 2.08. The number of amides is 2. The van der Waals surface area contributed by atoms with Crippen molar-refractivity contribution in [2.45, 2.75) is 33.1 Å². The van der Waals surface area contributed by atoms with Crippen molar-refractivity contribution in [3.8, 4) is 0 Å². The van der Waals surface area contributed by atoms with Crippen LogP contribution in [0.5, 0.6) is 0 Å². The lowest BCUT2D eigenvalue weighted by atomic mass is 9.89. The topological polar surface area (TPSA) is 69.6 Å². The van der Waals surface area contributed by atoms with Crippen LogP contribution in [0.3, 0.4) is 0 Å². The molecule has 5 nitrogen and oxygen atoms in total. The second-order valence-electron chi connectivity index (χ2n) is 6.52. The second-order valence-corrected chi connectivity index (χ2v) is 6.52. The van der Waals surface area contributed by atoms with Gasteiger partial charge in [0.05, 0.1) is 0 Å². The molecule has 1 aliphatic rings. The highest BCUT2D eigenvalue weighted by Crippen LogP contribution is 2.23. The molecule has 2 rings (SSSR count). The van der Waals surface area contributed by atoms with Gasteiger partial charge in [0.25, 0.3) is 5.91 Å². The van der Waals surface area contributed by atoms with Gasteiger partial charge in [0.15, 0.2) is 0 Å². The minimum Gasteiger partial charge on any atom is -0.396 e. The summed E-state index contributed by atoms with van der Waals surface area (Å²) in [5.41, 5.74) is 1.19. The van der Waals surface area contributed by atoms with Gasteiger partial charge in [0, 0.05) is 37.4 Å². The van der Waals surface area contributed by atoms with E-state index in [-0.39, 0.29) is 23.8 Å². The van der Waals surface area contributed by atoms with Gasteiger partial charge in [-0.05, 0) is 36.5 Å². The predicted octanol–water partition coefficient (Wildman–Crippen LogP) is 1.95. The van der Waals surface area contributed by atoms with Gasteiger partial charge in [0.1, 0.15) is 0 Å². The Morgan fingerprint density at radius 3 is 2.82 bits per heavy atom. The fourth-order valence-corrected chi connectivity index (χ4v) is 2.55. The van der Waals surface area contributed by atoms with Crippen molar-refractivity contribution >= 4 is 17.5 Å². The van der Waals surface area contributed by atoms with Gasteiger partial charge in [-0.25, -0.2) is 0 Å². The molecule has 1 aliphatic heterocycles. The van der Waals surface area contributed by atoms with Crippen molar-refractivity contribution in [2.24, 2.45) is 5.41 Å². The third-order valence-corrected chi connectivity index (χ3v) is 4.01. The first-order chi connectivity index (χ1) is 10.4. The first-order valence-electron chi connectivity index (χ1n) is 7.72. The molecule has 0 radical (unpaired) electrons. The second kappa shape index (κ2) is 6.92. The van der Waals surface area contributed by atoms with Crippen LogP contribution in [0.1, 0.15) is 43.5 Å². The first kappa shape index (κ1) is 16.5. The van der Waals surface area contributed by atoms with E-state index in [0.29, 0.717) is 31.5 Å². The highest BCUT2D eigenvalue weighted by molar-refractivity contribution is 5.99. The maximum Gasteiger partial charge on any atom is 0.251 e. The lowest BCUT2D eigenvalue weighted by molar-refractivity contribution is -0.117. The molecule has 1 aromatic rings. The van der Waals surface area contributed by atoms with E-state index in [2.05, 4.69) is 5.32 Å². The molecule has 1 heterocycles. The zero-order valence-corrected chi connectivity index (χ0v) is 13.3. The van der Waals surface area contributed by atoms with Crippen molar-refractivity contribution < 1.29 is 14.7 Å². The molecule has 0 unspecified atom stereocenters. The molecule has 1 saturated heterocycles. The SMILES string of the molecule is CC(C)(CCO)CNC(=O)c1cccc(N2CCCC2=O)c1. The minimum absolute atomic E-state index is 0.107. The van der Waals surface area contributed by atoms with Crippen LogP contribution in [0, 0.1) is 5.41 Å². The quantitative estimate of drug-likeness (QED) is 0.844. The molecule has 0 spiro atoms. The number of nitrogens with zero attached hydrogens (tertiary/aromatic N) is 1. The lowest BCUT2D eigenvalue weighted by Crippen LogP contribution is -2.34. The third-order valence-electron chi connectivity index (χ3n) is 4.01. The molecule has 0 aliphatic carbocycles. The Kier molecular flexibility index (Phi) is 5.19. The molecule has 0 atom stereocenters. The van der Waals surface area contributed by atoms with E-state index in [1.165, 1.54) is 0 Å². The molecule has 2 amide bonds. The summed E-state index contributed by atoms with van der Waals surface area (Å²) in [5.74, 6) is -0.0406. The summed E-state index contributed by atoms with van der Waals surface area (Å²) in [7, 11) is 0. The predicted molar refractivity (Wildman–Crippen MR) is 85.8 cm³/mol. The number of hydrogen-bond acceptors (Lipinski definition) is 3. The average molecular weight is 304 g/mol. The van der Waals surface area contributed by atoms with Crippen LogP contribution in [-0.4, -0.2) is 36.6 Å². The highest BCUT2D eigenvalue weighted by Gasteiger charge is 2.23. The van der Waals surface area contributed by atoms with Gasteiger partial charge < -0.3 is 15.3 Å². The molecule has 22 heavy (non-hydrogen) atoms. The summed E-state index contributed by atoms with van der Waals surface area (Å²) in [5, 5.41) is 11.9. The van der Waals surface area contributed by atoms with Crippen LogP contribution in [-0.2, 0) is 4.79 Å².